The van der Waals surface area contributed by atoms with Crippen LogP contribution in [0.5, 0.6) is 0 Å². The van der Waals surface area contributed by atoms with E-state index in [-0.39, 0.29) is 5.56 Å². The standard InChI is InChI=1S/C20H23F3N4O/c1-3-26-8-10-27(11-9-26)16-5-6-17(14(2)12-16)25-19(28)15-4-7-18(24-13-15)20(21,22)23/h4-7,12-13H,3,8-11H2,1-2H3,(H,25,28). The van der Waals surface area contributed by atoms with Gasteiger partial charge in [0.15, 0.2) is 0 Å². The Kier molecular flexibility index (Phi) is 5.88. The molecule has 0 radical (unpaired) electrons. The molecule has 0 bridgehead atoms. The van der Waals surface area contributed by atoms with E-state index in [1.165, 1.54) is 0 Å². The molecule has 1 aromatic carbocycles. The third-order valence-corrected chi connectivity index (χ3v) is 4.96. The SMILES string of the molecule is CCN1CCN(c2ccc(NC(=O)c3ccc(C(F)(F)F)nc3)c(C)c2)CC1. The van der Waals surface area contributed by atoms with Crippen LogP contribution in [0.3, 0.4) is 0 Å². The van der Waals surface area contributed by atoms with Gasteiger partial charge in [0.25, 0.3) is 5.91 Å². The molecule has 1 saturated heterocycles. The minimum absolute atomic E-state index is 0.0761. The molecule has 0 spiro atoms. The van der Waals surface area contributed by atoms with Crippen LogP contribution in [0.15, 0.2) is 36.5 Å². The molecule has 1 amide bonds. The summed E-state index contributed by atoms with van der Waals surface area (Å²) < 4.78 is 37.8. The number of hydrogen-bond acceptors (Lipinski definition) is 4. The highest BCUT2D eigenvalue weighted by Crippen LogP contribution is 2.28. The number of alkyl halides is 3. The third-order valence-electron chi connectivity index (χ3n) is 4.96. The van der Waals surface area contributed by atoms with Crippen molar-refractivity contribution in [3.8, 4) is 0 Å². The molecule has 1 aliphatic heterocycles. The minimum atomic E-state index is -4.52. The summed E-state index contributed by atoms with van der Waals surface area (Å²) in [4.78, 5) is 20.4. The van der Waals surface area contributed by atoms with E-state index in [9.17, 15) is 18.0 Å². The number of pyridine rings is 1. The van der Waals surface area contributed by atoms with Gasteiger partial charge >= 0.3 is 6.18 Å². The average molecular weight is 392 g/mol. The van der Waals surface area contributed by atoms with E-state index in [4.69, 9.17) is 0 Å². The highest BCUT2D eigenvalue weighted by molar-refractivity contribution is 6.04. The number of hydrogen-bond donors (Lipinski definition) is 1. The zero-order chi connectivity index (χ0) is 20.3. The first-order chi connectivity index (χ1) is 13.3. The Morgan fingerprint density at radius 3 is 2.39 bits per heavy atom. The number of halogens is 3. The summed E-state index contributed by atoms with van der Waals surface area (Å²) in [5.41, 5.74) is 1.67. The van der Waals surface area contributed by atoms with E-state index >= 15 is 0 Å². The van der Waals surface area contributed by atoms with E-state index in [1.807, 2.05) is 25.1 Å². The van der Waals surface area contributed by atoms with Crippen molar-refractivity contribution in [2.75, 3.05) is 42.9 Å². The number of benzene rings is 1. The van der Waals surface area contributed by atoms with Gasteiger partial charge in [-0.3, -0.25) is 9.78 Å². The van der Waals surface area contributed by atoms with Crippen LogP contribution in [0.25, 0.3) is 0 Å². The molecule has 150 valence electrons. The van der Waals surface area contributed by atoms with E-state index in [1.54, 1.807) is 0 Å². The molecular weight excluding hydrogens is 369 g/mol. The molecule has 0 atom stereocenters. The summed E-state index contributed by atoms with van der Waals surface area (Å²) >= 11 is 0. The molecule has 0 saturated carbocycles. The van der Waals surface area contributed by atoms with E-state index in [0.717, 1.165) is 62.3 Å². The number of rotatable bonds is 4. The Bertz CT molecular complexity index is 828. The van der Waals surface area contributed by atoms with Gasteiger partial charge in [-0.15, -0.1) is 0 Å². The van der Waals surface area contributed by atoms with Crippen LogP contribution in [0.4, 0.5) is 24.5 Å². The van der Waals surface area contributed by atoms with Crippen LogP contribution in [0, 0.1) is 6.92 Å². The summed E-state index contributed by atoms with van der Waals surface area (Å²) in [5.74, 6) is -0.492. The molecule has 1 aromatic heterocycles. The predicted octanol–water partition coefficient (Wildman–Crippen LogP) is 3.80. The minimum Gasteiger partial charge on any atom is -0.369 e. The zero-order valence-corrected chi connectivity index (χ0v) is 15.9. The van der Waals surface area contributed by atoms with Crippen molar-refractivity contribution in [3.63, 3.8) is 0 Å². The Morgan fingerprint density at radius 1 is 1.14 bits per heavy atom. The number of aromatic nitrogens is 1. The van der Waals surface area contributed by atoms with E-state index < -0.39 is 17.8 Å². The molecule has 2 aromatic rings. The van der Waals surface area contributed by atoms with Crippen LogP contribution < -0.4 is 10.2 Å². The van der Waals surface area contributed by atoms with Gasteiger partial charge in [-0.2, -0.15) is 13.2 Å². The molecular formula is C20H23F3N4O. The normalized spacial score (nSPS) is 15.5. The molecule has 2 heterocycles. The Labute approximate surface area is 162 Å². The molecule has 8 heteroatoms. The Morgan fingerprint density at radius 2 is 1.86 bits per heavy atom. The second-order valence-corrected chi connectivity index (χ2v) is 6.80. The second kappa shape index (κ2) is 8.18. The monoisotopic (exact) mass is 392 g/mol. The maximum Gasteiger partial charge on any atom is 0.433 e. The van der Waals surface area contributed by atoms with Gasteiger partial charge < -0.3 is 15.1 Å². The number of carbonyl (C=O) groups is 1. The van der Waals surface area contributed by atoms with Gasteiger partial charge in [-0.1, -0.05) is 6.92 Å². The van der Waals surface area contributed by atoms with Crippen molar-refractivity contribution in [1.82, 2.24) is 9.88 Å². The van der Waals surface area contributed by atoms with Gasteiger partial charge in [-0.25, -0.2) is 0 Å². The summed E-state index contributed by atoms with van der Waals surface area (Å²) in [6.45, 7) is 9.06. The third kappa shape index (κ3) is 4.62. The summed E-state index contributed by atoms with van der Waals surface area (Å²) in [6.07, 6.45) is -3.58. The molecule has 28 heavy (non-hydrogen) atoms. The van der Waals surface area contributed by atoms with E-state index in [2.05, 4.69) is 27.0 Å². The molecule has 1 fully saturated rings. The van der Waals surface area contributed by atoms with Crippen LogP contribution >= 0.6 is 0 Å². The highest BCUT2D eigenvalue weighted by atomic mass is 19.4. The summed E-state index contributed by atoms with van der Waals surface area (Å²) in [5, 5.41) is 2.74. The lowest BCUT2D eigenvalue weighted by Crippen LogP contribution is -2.46. The Balaban J connectivity index is 1.67. The lowest BCUT2D eigenvalue weighted by Gasteiger charge is -2.35. The fourth-order valence-electron chi connectivity index (χ4n) is 3.20. The number of likely N-dealkylation sites (N-methyl/N-ethyl adjacent to an activating group) is 1. The van der Waals surface area contributed by atoms with Crippen molar-refractivity contribution < 1.29 is 18.0 Å². The van der Waals surface area contributed by atoms with Crippen molar-refractivity contribution >= 4 is 17.3 Å². The second-order valence-electron chi connectivity index (χ2n) is 6.80. The fourth-order valence-corrected chi connectivity index (χ4v) is 3.20. The number of amides is 1. The lowest BCUT2D eigenvalue weighted by atomic mass is 10.1. The van der Waals surface area contributed by atoms with Gasteiger partial charge in [0, 0.05) is 43.8 Å². The summed E-state index contributed by atoms with van der Waals surface area (Å²) in [7, 11) is 0. The number of piperazine rings is 1. The van der Waals surface area contributed by atoms with Gasteiger partial charge in [0.1, 0.15) is 5.69 Å². The quantitative estimate of drug-likeness (QED) is 0.860. The zero-order valence-electron chi connectivity index (χ0n) is 15.9. The fraction of sp³-hybridized carbons (Fsp3) is 0.400. The van der Waals surface area contributed by atoms with Crippen LogP contribution in [0.2, 0.25) is 0 Å². The first-order valence-corrected chi connectivity index (χ1v) is 9.20. The molecule has 0 aliphatic carbocycles. The maximum absolute atomic E-state index is 12.6. The van der Waals surface area contributed by atoms with E-state index in [0.29, 0.717) is 5.69 Å². The first-order valence-electron chi connectivity index (χ1n) is 9.20. The van der Waals surface area contributed by atoms with Crippen molar-refractivity contribution in [1.29, 1.82) is 0 Å². The van der Waals surface area contributed by atoms with Crippen LogP contribution in [-0.2, 0) is 6.18 Å². The number of carbonyl (C=O) groups excluding carboxylic acids is 1. The lowest BCUT2D eigenvalue weighted by molar-refractivity contribution is -0.141. The highest BCUT2D eigenvalue weighted by Gasteiger charge is 2.32. The molecule has 5 nitrogen and oxygen atoms in total. The molecule has 1 N–H and O–H groups in total. The number of nitrogens with zero attached hydrogens (tertiary/aromatic N) is 3. The van der Waals surface area contributed by atoms with Crippen LogP contribution in [-0.4, -0.2) is 48.5 Å². The maximum atomic E-state index is 12.6. The van der Waals surface area contributed by atoms with Crippen LogP contribution in [0.1, 0.15) is 28.5 Å². The average Bonchev–Trinajstić information content (AvgIpc) is 2.69. The van der Waals surface area contributed by atoms with Crippen molar-refractivity contribution in [3.05, 3.63) is 53.3 Å². The van der Waals surface area contributed by atoms with Gasteiger partial charge in [0.2, 0.25) is 0 Å². The molecule has 1 aliphatic rings. The van der Waals surface area contributed by atoms with Gasteiger partial charge in [-0.05, 0) is 49.4 Å². The predicted molar refractivity (Wildman–Crippen MR) is 103 cm³/mol. The molecule has 0 unspecified atom stereocenters. The first kappa shape index (κ1) is 20.1. The number of aryl methyl sites for hydroxylation is 1. The van der Waals surface area contributed by atoms with Crippen molar-refractivity contribution in [2.24, 2.45) is 0 Å². The van der Waals surface area contributed by atoms with Gasteiger partial charge in [0.05, 0.1) is 5.56 Å². The number of nitrogens with one attached hydrogen (secondary N) is 1. The summed E-state index contributed by atoms with van der Waals surface area (Å²) in [6, 6.07) is 7.73. The Hall–Kier alpha value is -2.61. The number of anilines is 2. The smallest absolute Gasteiger partial charge is 0.369 e. The van der Waals surface area contributed by atoms with Crippen molar-refractivity contribution in [2.45, 2.75) is 20.0 Å². The topological polar surface area (TPSA) is 48.5 Å². The largest absolute Gasteiger partial charge is 0.433 e. The molecule has 3 rings (SSSR count).